The van der Waals surface area contributed by atoms with Crippen LogP contribution in [0.4, 0.5) is 6.01 Å². The van der Waals surface area contributed by atoms with Crippen molar-refractivity contribution >= 4 is 11.9 Å². The molecule has 0 unspecified atom stereocenters. The number of aromatic nitrogens is 2. The average molecular weight is 325 g/mol. The number of aryl methyl sites for hydroxylation is 3. The molecule has 0 aliphatic carbocycles. The molecule has 3 aromatic rings. The van der Waals surface area contributed by atoms with Crippen molar-refractivity contribution in [3.8, 4) is 0 Å². The second-order valence-corrected chi connectivity index (χ2v) is 5.63. The first kappa shape index (κ1) is 16.0. The molecule has 0 aliphatic rings. The van der Waals surface area contributed by atoms with E-state index in [0.717, 1.165) is 12.0 Å². The number of hydrogen-bond donors (Lipinski definition) is 1. The van der Waals surface area contributed by atoms with E-state index in [1.54, 1.807) is 19.9 Å². The van der Waals surface area contributed by atoms with Crippen LogP contribution in [0, 0.1) is 13.8 Å². The van der Waals surface area contributed by atoms with Crippen molar-refractivity contribution < 1.29 is 13.6 Å². The Labute approximate surface area is 139 Å². The third-order valence-electron chi connectivity index (χ3n) is 3.76. The van der Waals surface area contributed by atoms with Gasteiger partial charge < -0.3 is 8.83 Å². The summed E-state index contributed by atoms with van der Waals surface area (Å²) in [4.78, 5) is 12.2. The first-order valence-corrected chi connectivity index (χ1v) is 7.83. The summed E-state index contributed by atoms with van der Waals surface area (Å²) in [6, 6.07) is 10.0. The Hall–Kier alpha value is -2.89. The zero-order chi connectivity index (χ0) is 17.1. The lowest BCUT2D eigenvalue weighted by Crippen LogP contribution is -2.12. The number of furan rings is 1. The largest absolute Gasteiger partial charge is 0.466 e. The van der Waals surface area contributed by atoms with Gasteiger partial charge >= 0.3 is 6.01 Å². The molecule has 0 atom stereocenters. The van der Waals surface area contributed by atoms with Gasteiger partial charge in [0.2, 0.25) is 5.89 Å². The summed E-state index contributed by atoms with van der Waals surface area (Å²) in [7, 11) is 0. The number of benzene rings is 1. The minimum Gasteiger partial charge on any atom is -0.466 e. The molecule has 24 heavy (non-hydrogen) atoms. The van der Waals surface area contributed by atoms with Gasteiger partial charge in [0, 0.05) is 0 Å². The van der Waals surface area contributed by atoms with E-state index in [4.69, 9.17) is 8.83 Å². The van der Waals surface area contributed by atoms with Gasteiger partial charge in [0.05, 0.1) is 12.0 Å². The third kappa shape index (κ3) is 3.53. The SMILES string of the molecule is CCc1ccc(Cc2nnc(NC(=O)c3cc(C)oc3C)o2)cc1. The number of carbonyl (C=O) groups is 1. The number of anilines is 1. The maximum atomic E-state index is 12.2. The highest BCUT2D eigenvalue weighted by atomic mass is 16.4. The predicted molar refractivity (Wildman–Crippen MR) is 89.1 cm³/mol. The zero-order valence-electron chi connectivity index (χ0n) is 13.9. The van der Waals surface area contributed by atoms with E-state index >= 15 is 0 Å². The van der Waals surface area contributed by atoms with E-state index in [9.17, 15) is 4.79 Å². The highest BCUT2D eigenvalue weighted by molar-refractivity contribution is 6.03. The topological polar surface area (TPSA) is 81.2 Å². The van der Waals surface area contributed by atoms with Crippen molar-refractivity contribution in [2.45, 2.75) is 33.6 Å². The van der Waals surface area contributed by atoms with E-state index in [1.165, 1.54) is 5.56 Å². The van der Waals surface area contributed by atoms with Gasteiger partial charge in [0.25, 0.3) is 5.91 Å². The molecule has 0 radical (unpaired) electrons. The summed E-state index contributed by atoms with van der Waals surface area (Å²) in [6.07, 6.45) is 1.53. The molecule has 6 heteroatoms. The fraction of sp³-hybridized carbons (Fsp3) is 0.278. The van der Waals surface area contributed by atoms with Gasteiger partial charge in [0.15, 0.2) is 0 Å². The van der Waals surface area contributed by atoms with Gasteiger partial charge in [-0.25, -0.2) is 0 Å². The van der Waals surface area contributed by atoms with Gasteiger partial charge in [-0.15, -0.1) is 5.10 Å². The van der Waals surface area contributed by atoms with Crippen molar-refractivity contribution in [2.75, 3.05) is 5.32 Å². The number of rotatable bonds is 5. The number of hydrogen-bond acceptors (Lipinski definition) is 5. The molecule has 0 spiro atoms. The zero-order valence-corrected chi connectivity index (χ0v) is 13.9. The number of carbonyl (C=O) groups excluding carboxylic acids is 1. The molecule has 1 aromatic carbocycles. The van der Waals surface area contributed by atoms with Gasteiger partial charge in [-0.2, -0.15) is 0 Å². The average Bonchev–Trinajstić information content (AvgIpc) is 3.14. The minimum atomic E-state index is -0.327. The van der Waals surface area contributed by atoms with Crippen LogP contribution in [0.15, 0.2) is 39.2 Å². The highest BCUT2D eigenvalue weighted by Crippen LogP contribution is 2.17. The maximum Gasteiger partial charge on any atom is 0.322 e. The van der Waals surface area contributed by atoms with Crippen LogP contribution in [0.3, 0.4) is 0 Å². The molecule has 0 bridgehead atoms. The summed E-state index contributed by atoms with van der Waals surface area (Å²) in [6.45, 7) is 5.64. The van der Waals surface area contributed by atoms with E-state index < -0.39 is 0 Å². The van der Waals surface area contributed by atoms with Crippen LogP contribution in [0.1, 0.15) is 45.8 Å². The molecule has 0 fully saturated rings. The first-order valence-electron chi connectivity index (χ1n) is 7.83. The van der Waals surface area contributed by atoms with Crippen LogP contribution >= 0.6 is 0 Å². The van der Waals surface area contributed by atoms with Crippen molar-refractivity contribution in [3.05, 3.63) is 64.4 Å². The summed E-state index contributed by atoms with van der Waals surface area (Å²) < 4.78 is 10.8. The molecule has 1 N–H and O–H groups in total. The van der Waals surface area contributed by atoms with Crippen molar-refractivity contribution in [3.63, 3.8) is 0 Å². The molecule has 6 nitrogen and oxygen atoms in total. The smallest absolute Gasteiger partial charge is 0.322 e. The van der Waals surface area contributed by atoms with E-state index in [0.29, 0.717) is 29.4 Å². The Morgan fingerprint density at radius 3 is 2.42 bits per heavy atom. The number of nitrogens with one attached hydrogen (secondary N) is 1. The van der Waals surface area contributed by atoms with Crippen molar-refractivity contribution in [1.29, 1.82) is 0 Å². The Balaban J connectivity index is 1.66. The van der Waals surface area contributed by atoms with Crippen LogP contribution < -0.4 is 5.32 Å². The van der Waals surface area contributed by atoms with E-state index in [2.05, 4.69) is 34.6 Å². The molecular formula is C18H19N3O3. The molecule has 0 aliphatic heterocycles. The number of amides is 1. The maximum absolute atomic E-state index is 12.2. The second kappa shape index (κ2) is 6.70. The Bertz CT molecular complexity index is 847. The quantitative estimate of drug-likeness (QED) is 0.774. The molecule has 124 valence electrons. The van der Waals surface area contributed by atoms with Gasteiger partial charge in [-0.3, -0.25) is 10.1 Å². The van der Waals surface area contributed by atoms with Crippen molar-refractivity contribution in [1.82, 2.24) is 10.2 Å². The van der Waals surface area contributed by atoms with Crippen LogP contribution in [-0.2, 0) is 12.8 Å². The molecule has 3 rings (SSSR count). The lowest BCUT2D eigenvalue weighted by Gasteiger charge is -2.00. The highest BCUT2D eigenvalue weighted by Gasteiger charge is 2.16. The first-order chi connectivity index (χ1) is 11.5. The molecule has 2 aromatic heterocycles. The standard InChI is InChI=1S/C18H19N3O3/c1-4-13-5-7-14(8-6-13)10-16-20-21-18(24-16)19-17(22)15-9-11(2)23-12(15)3/h5-9H,4,10H2,1-3H3,(H,19,21,22). The minimum absolute atomic E-state index is 0.0819. The van der Waals surface area contributed by atoms with Gasteiger partial charge in [0.1, 0.15) is 11.5 Å². The van der Waals surface area contributed by atoms with Gasteiger partial charge in [-0.1, -0.05) is 36.3 Å². The Morgan fingerprint density at radius 2 is 1.79 bits per heavy atom. The summed E-state index contributed by atoms with van der Waals surface area (Å²) in [5, 5.41) is 10.4. The van der Waals surface area contributed by atoms with E-state index in [-0.39, 0.29) is 11.9 Å². The van der Waals surface area contributed by atoms with Crippen LogP contribution in [0.25, 0.3) is 0 Å². The second-order valence-electron chi connectivity index (χ2n) is 5.63. The lowest BCUT2D eigenvalue weighted by molar-refractivity contribution is 0.102. The van der Waals surface area contributed by atoms with Gasteiger partial charge in [-0.05, 0) is 37.5 Å². The summed E-state index contributed by atoms with van der Waals surface area (Å²) in [5.74, 6) is 1.36. The predicted octanol–water partition coefficient (Wildman–Crippen LogP) is 3.68. The Kier molecular flexibility index (Phi) is 4.46. The Morgan fingerprint density at radius 1 is 1.08 bits per heavy atom. The fourth-order valence-electron chi connectivity index (χ4n) is 2.46. The van der Waals surface area contributed by atoms with Crippen molar-refractivity contribution in [2.24, 2.45) is 0 Å². The number of nitrogens with zero attached hydrogens (tertiary/aromatic N) is 2. The van der Waals surface area contributed by atoms with Crippen LogP contribution in [0.2, 0.25) is 0 Å². The lowest BCUT2D eigenvalue weighted by atomic mass is 10.1. The summed E-state index contributed by atoms with van der Waals surface area (Å²) in [5.41, 5.74) is 2.82. The normalized spacial score (nSPS) is 10.8. The fourth-order valence-corrected chi connectivity index (χ4v) is 2.46. The third-order valence-corrected chi connectivity index (χ3v) is 3.76. The van der Waals surface area contributed by atoms with Crippen LogP contribution in [0.5, 0.6) is 0 Å². The van der Waals surface area contributed by atoms with Crippen LogP contribution in [-0.4, -0.2) is 16.1 Å². The summed E-state index contributed by atoms with van der Waals surface area (Å²) >= 11 is 0. The molecular weight excluding hydrogens is 306 g/mol. The monoisotopic (exact) mass is 325 g/mol. The molecule has 2 heterocycles. The molecule has 0 saturated carbocycles. The molecule has 1 amide bonds. The van der Waals surface area contributed by atoms with E-state index in [1.807, 2.05) is 12.1 Å². The molecule has 0 saturated heterocycles.